The lowest BCUT2D eigenvalue weighted by atomic mass is 9.70. The molecule has 0 radical (unpaired) electrons. The van der Waals surface area contributed by atoms with Crippen LogP contribution in [0.15, 0.2) is 91.0 Å². The largest absolute Gasteiger partial charge is 0.367 e. The Kier molecular flexibility index (Phi) is 4.56. The minimum Gasteiger partial charge on any atom is -0.367 e. The number of aliphatic hydroxyl groups excluding tert-OH is 1. The maximum absolute atomic E-state index is 10.4. The van der Waals surface area contributed by atoms with Crippen LogP contribution < -0.4 is 0 Å². The molecule has 3 rings (SSSR count). The average Bonchev–Trinajstić information content (AvgIpc) is 2.62. The topological polar surface area (TPSA) is 40.5 Å². The molecule has 0 amide bonds. The molecule has 0 aromatic heterocycles. The molecule has 3 aromatic carbocycles. The van der Waals surface area contributed by atoms with E-state index >= 15 is 0 Å². The fourth-order valence-corrected chi connectivity index (χ4v) is 3.15. The summed E-state index contributed by atoms with van der Waals surface area (Å²) in [5.41, 5.74) is 1.95. The lowest BCUT2D eigenvalue weighted by Gasteiger charge is -2.37. The summed E-state index contributed by atoms with van der Waals surface area (Å²) in [6.45, 7) is 0. The third kappa shape index (κ3) is 3.04. The molecule has 0 heterocycles. The SMILES string of the molecule is OC(O)C(Cc1ccccc1)(c1ccccc1)c1ccccc1. The van der Waals surface area contributed by atoms with Gasteiger partial charge in [-0.3, -0.25) is 0 Å². The summed E-state index contributed by atoms with van der Waals surface area (Å²) in [6, 6.07) is 29.4. The molecule has 0 atom stereocenters. The van der Waals surface area contributed by atoms with Crippen LogP contribution in [0, 0.1) is 0 Å². The molecule has 3 aromatic rings. The highest BCUT2D eigenvalue weighted by molar-refractivity contribution is 5.42. The molecule has 0 unspecified atom stereocenters. The van der Waals surface area contributed by atoms with Crippen molar-refractivity contribution < 1.29 is 10.2 Å². The fourth-order valence-electron chi connectivity index (χ4n) is 3.15. The molecule has 2 nitrogen and oxygen atoms in total. The van der Waals surface area contributed by atoms with E-state index < -0.39 is 11.7 Å². The molecule has 116 valence electrons. The number of hydrogen-bond donors (Lipinski definition) is 2. The van der Waals surface area contributed by atoms with E-state index in [1.807, 2.05) is 91.0 Å². The molecule has 0 bridgehead atoms. The number of benzene rings is 3. The van der Waals surface area contributed by atoms with Crippen LogP contribution in [0.2, 0.25) is 0 Å². The highest BCUT2D eigenvalue weighted by atomic mass is 16.5. The summed E-state index contributed by atoms with van der Waals surface area (Å²) in [5.74, 6) is 0. The van der Waals surface area contributed by atoms with Gasteiger partial charge in [0.05, 0.1) is 5.41 Å². The Hall–Kier alpha value is -2.42. The zero-order chi connectivity index (χ0) is 16.1. The Balaban J connectivity index is 2.19. The first-order valence-electron chi connectivity index (χ1n) is 7.74. The second kappa shape index (κ2) is 6.78. The van der Waals surface area contributed by atoms with E-state index in [1.165, 1.54) is 0 Å². The summed E-state index contributed by atoms with van der Waals surface area (Å²) in [5, 5.41) is 20.8. The average molecular weight is 304 g/mol. The molecule has 0 saturated heterocycles. The van der Waals surface area contributed by atoms with E-state index in [0.29, 0.717) is 6.42 Å². The Morgan fingerprint density at radius 2 is 1.00 bits per heavy atom. The minimum absolute atomic E-state index is 0.513. The summed E-state index contributed by atoms with van der Waals surface area (Å²) in [4.78, 5) is 0. The predicted octanol–water partition coefficient (Wildman–Crippen LogP) is 3.53. The van der Waals surface area contributed by atoms with Gasteiger partial charge in [0.25, 0.3) is 0 Å². The summed E-state index contributed by atoms with van der Waals surface area (Å²) >= 11 is 0. The Bertz CT molecular complexity index is 682. The van der Waals surface area contributed by atoms with E-state index in [2.05, 4.69) is 0 Å². The molecule has 0 aliphatic rings. The first-order chi connectivity index (χ1) is 11.2. The minimum atomic E-state index is -1.51. The fraction of sp³-hybridized carbons (Fsp3) is 0.143. The van der Waals surface area contributed by atoms with Crippen molar-refractivity contribution in [3.63, 3.8) is 0 Å². The van der Waals surface area contributed by atoms with Gasteiger partial charge in [-0.25, -0.2) is 0 Å². The second-order valence-electron chi connectivity index (χ2n) is 5.74. The molecule has 0 saturated carbocycles. The Morgan fingerprint density at radius 1 is 0.609 bits per heavy atom. The summed E-state index contributed by atoms with van der Waals surface area (Å²) in [6.07, 6.45) is -0.994. The van der Waals surface area contributed by atoms with Crippen LogP contribution in [0.25, 0.3) is 0 Å². The van der Waals surface area contributed by atoms with E-state index in [-0.39, 0.29) is 0 Å². The molecule has 23 heavy (non-hydrogen) atoms. The summed E-state index contributed by atoms with van der Waals surface area (Å²) < 4.78 is 0. The molecule has 0 aliphatic heterocycles. The smallest absolute Gasteiger partial charge is 0.165 e. The Morgan fingerprint density at radius 3 is 1.39 bits per heavy atom. The van der Waals surface area contributed by atoms with Crippen molar-refractivity contribution in [2.24, 2.45) is 0 Å². The quantitative estimate of drug-likeness (QED) is 0.708. The van der Waals surface area contributed by atoms with Crippen LogP contribution in [0.4, 0.5) is 0 Å². The highest BCUT2D eigenvalue weighted by Gasteiger charge is 2.40. The predicted molar refractivity (Wildman–Crippen MR) is 92.0 cm³/mol. The monoisotopic (exact) mass is 304 g/mol. The molecule has 0 aliphatic carbocycles. The Labute approximate surface area is 136 Å². The molecular formula is C21H20O2. The van der Waals surface area contributed by atoms with Crippen molar-refractivity contribution in [1.82, 2.24) is 0 Å². The molecular weight excluding hydrogens is 284 g/mol. The lowest BCUT2D eigenvalue weighted by Crippen LogP contribution is -2.42. The van der Waals surface area contributed by atoms with Gasteiger partial charge in [0, 0.05) is 0 Å². The zero-order valence-electron chi connectivity index (χ0n) is 12.8. The molecule has 2 N–H and O–H groups in total. The molecule has 0 fully saturated rings. The van der Waals surface area contributed by atoms with Gasteiger partial charge in [0.1, 0.15) is 0 Å². The standard InChI is InChI=1S/C21H20O2/c22-20(23)21(18-12-6-2-7-13-18,19-14-8-3-9-15-19)16-17-10-4-1-5-11-17/h1-15,20,22-23H,16H2. The van der Waals surface area contributed by atoms with E-state index in [1.54, 1.807) is 0 Å². The van der Waals surface area contributed by atoms with Gasteiger partial charge in [0.15, 0.2) is 6.29 Å². The maximum atomic E-state index is 10.4. The zero-order valence-corrected chi connectivity index (χ0v) is 12.8. The number of rotatable bonds is 5. The van der Waals surface area contributed by atoms with Crippen LogP contribution in [0.1, 0.15) is 16.7 Å². The van der Waals surface area contributed by atoms with Gasteiger partial charge in [-0.05, 0) is 23.1 Å². The summed E-state index contributed by atoms with van der Waals surface area (Å²) in [7, 11) is 0. The second-order valence-corrected chi connectivity index (χ2v) is 5.74. The van der Waals surface area contributed by atoms with Crippen LogP contribution >= 0.6 is 0 Å². The molecule has 0 spiro atoms. The van der Waals surface area contributed by atoms with Crippen molar-refractivity contribution >= 4 is 0 Å². The highest BCUT2D eigenvalue weighted by Crippen LogP contribution is 2.38. The van der Waals surface area contributed by atoms with Gasteiger partial charge >= 0.3 is 0 Å². The van der Waals surface area contributed by atoms with Gasteiger partial charge in [-0.1, -0.05) is 91.0 Å². The maximum Gasteiger partial charge on any atom is 0.165 e. The lowest BCUT2D eigenvalue weighted by molar-refractivity contribution is -0.0874. The van der Waals surface area contributed by atoms with E-state index in [9.17, 15) is 10.2 Å². The van der Waals surface area contributed by atoms with Crippen LogP contribution in [0.3, 0.4) is 0 Å². The third-order valence-corrected chi connectivity index (χ3v) is 4.34. The van der Waals surface area contributed by atoms with Gasteiger partial charge < -0.3 is 10.2 Å². The number of aliphatic hydroxyl groups is 2. The van der Waals surface area contributed by atoms with Gasteiger partial charge in [-0.2, -0.15) is 0 Å². The van der Waals surface area contributed by atoms with E-state index in [0.717, 1.165) is 16.7 Å². The van der Waals surface area contributed by atoms with Crippen molar-refractivity contribution in [3.8, 4) is 0 Å². The van der Waals surface area contributed by atoms with E-state index in [4.69, 9.17) is 0 Å². The first kappa shape index (κ1) is 15.5. The van der Waals surface area contributed by atoms with Gasteiger partial charge in [-0.15, -0.1) is 0 Å². The van der Waals surface area contributed by atoms with Crippen LogP contribution in [0.5, 0.6) is 0 Å². The van der Waals surface area contributed by atoms with Gasteiger partial charge in [0.2, 0.25) is 0 Å². The van der Waals surface area contributed by atoms with Crippen molar-refractivity contribution in [2.45, 2.75) is 18.1 Å². The van der Waals surface area contributed by atoms with Crippen LogP contribution in [-0.2, 0) is 11.8 Å². The first-order valence-corrected chi connectivity index (χ1v) is 7.74. The normalized spacial score (nSPS) is 11.6. The van der Waals surface area contributed by atoms with Crippen molar-refractivity contribution in [2.75, 3.05) is 0 Å². The molecule has 2 heteroatoms. The van der Waals surface area contributed by atoms with Crippen molar-refractivity contribution in [1.29, 1.82) is 0 Å². The van der Waals surface area contributed by atoms with Crippen LogP contribution in [-0.4, -0.2) is 16.5 Å². The third-order valence-electron chi connectivity index (χ3n) is 4.34. The van der Waals surface area contributed by atoms with Crippen molar-refractivity contribution in [3.05, 3.63) is 108 Å². The number of hydrogen-bond acceptors (Lipinski definition) is 2.